The minimum Gasteiger partial charge on any atom is -0.343 e. The summed E-state index contributed by atoms with van der Waals surface area (Å²) in [5.41, 5.74) is 0.793. The molecule has 0 aliphatic carbocycles. The molecule has 1 N–H and O–H groups in total. The highest BCUT2D eigenvalue weighted by Crippen LogP contribution is 2.29. The lowest BCUT2D eigenvalue weighted by Crippen LogP contribution is -2.56. The molecule has 0 saturated carbocycles. The molecule has 1 aromatic carbocycles. The molecule has 0 spiro atoms. The number of nitrogens with one attached hydrogen (secondary N) is 1. The second-order valence-electron chi connectivity index (χ2n) is 6.62. The lowest BCUT2D eigenvalue weighted by molar-refractivity contribution is -0.175. The summed E-state index contributed by atoms with van der Waals surface area (Å²) >= 11 is 0. The van der Waals surface area contributed by atoms with Crippen molar-refractivity contribution in [2.75, 3.05) is 26.7 Å². The van der Waals surface area contributed by atoms with Crippen molar-refractivity contribution in [1.82, 2.24) is 15.1 Å². The number of halogens is 3. The third-order valence-electron chi connectivity index (χ3n) is 4.69. The Hall–Kier alpha value is -2.84. The van der Waals surface area contributed by atoms with E-state index in [0.717, 1.165) is 11.6 Å². The zero-order valence-corrected chi connectivity index (χ0v) is 15.4. The molecule has 0 unspecified atom stereocenters. The molecule has 2 atom stereocenters. The summed E-state index contributed by atoms with van der Waals surface area (Å²) < 4.78 is 38.2. The van der Waals surface area contributed by atoms with Gasteiger partial charge in [0.25, 0.3) is 0 Å². The Morgan fingerprint density at radius 3 is 2.50 bits per heavy atom. The van der Waals surface area contributed by atoms with E-state index < -0.39 is 29.9 Å². The normalized spacial score (nSPS) is 19.6. The van der Waals surface area contributed by atoms with Crippen LogP contribution in [0, 0.1) is 0 Å². The van der Waals surface area contributed by atoms with Gasteiger partial charge in [-0.05, 0) is 18.1 Å². The van der Waals surface area contributed by atoms with E-state index in [1.807, 2.05) is 5.32 Å². The average Bonchev–Trinajstić information content (AvgIpc) is 2.67. The predicted octanol–water partition coefficient (Wildman–Crippen LogP) is 1.69. The number of hydrogen-bond donors (Lipinski definition) is 1. The number of benzene rings is 1. The minimum absolute atomic E-state index is 0.0731. The summed E-state index contributed by atoms with van der Waals surface area (Å²) in [6, 6.07) is 8.00. The number of likely N-dealkylation sites (N-methyl/N-ethyl adjacent to an activating group) is 1. The summed E-state index contributed by atoms with van der Waals surface area (Å²) in [5.74, 6) is -3.24. The van der Waals surface area contributed by atoms with Crippen molar-refractivity contribution in [3.63, 3.8) is 0 Å². The number of likely N-dealkylation sites (tertiary alicyclic amines) is 1. The van der Waals surface area contributed by atoms with E-state index in [0.29, 0.717) is 13.0 Å². The van der Waals surface area contributed by atoms with Crippen LogP contribution >= 0.6 is 0 Å². The lowest BCUT2D eigenvalue weighted by Gasteiger charge is -2.39. The molecule has 3 amide bonds. The Kier molecular flexibility index (Phi) is 6.82. The van der Waals surface area contributed by atoms with E-state index >= 15 is 0 Å². The molecular weight excluding hydrogens is 375 g/mol. The highest BCUT2D eigenvalue weighted by molar-refractivity contribution is 5.90. The SMILES string of the molecule is C=CC(=O)N(C)CC(=O)N1CC[C@H](c2ccccc2)[C@H](NC(=O)C(F)(F)F)C1. The van der Waals surface area contributed by atoms with Gasteiger partial charge in [0.15, 0.2) is 0 Å². The fourth-order valence-corrected chi connectivity index (χ4v) is 3.21. The van der Waals surface area contributed by atoms with Gasteiger partial charge in [-0.25, -0.2) is 0 Å². The smallest absolute Gasteiger partial charge is 0.343 e. The Balaban J connectivity index is 2.16. The van der Waals surface area contributed by atoms with Gasteiger partial charge in [0.1, 0.15) is 0 Å². The molecule has 6 nitrogen and oxygen atoms in total. The third kappa shape index (κ3) is 5.34. The number of carbonyl (C=O) groups excluding carboxylic acids is 3. The lowest BCUT2D eigenvalue weighted by atomic mass is 9.85. The summed E-state index contributed by atoms with van der Waals surface area (Å²) in [4.78, 5) is 38.0. The highest BCUT2D eigenvalue weighted by Gasteiger charge is 2.42. The average molecular weight is 397 g/mol. The van der Waals surface area contributed by atoms with Gasteiger partial charge in [-0.3, -0.25) is 14.4 Å². The Bertz CT molecular complexity index is 737. The number of carbonyl (C=O) groups is 3. The van der Waals surface area contributed by atoms with Crippen LogP contribution in [0.5, 0.6) is 0 Å². The molecule has 0 aromatic heterocycles. The van der Waals surface area contributed by atoms with Gasteiger partial charge in [0, 0.05) is 26.1 Å². The number of alkyl halides is 3. The molecule has 1 saturated heterocycles. The Labute approximate surface area is 161 Å². The molecule has 152 valence electrons. The van der Waals surface area contributed by atoms with Gasteiger partial charge in [0.05, 0.1) is 12.6 Å². The molecule has 1 aliphatic rings. The second kappa shape index (κ2) is 8.90. The molecule has 9 heteroatoms. The van der Waals surface area contributed by atoms with E-state index in [4.69, 9.17) is 0 Å². The topological polar surface area (TPSA) is 69.7 Å². The number of nitrogens with zero attached hydrogens (tertiary/aromatic N) is 2. The fourth-order valence-electron chi connectivity index (χ4n) is 3.21. The van der Waals surface area contributed by atoms with Crippen molar-refractivity contribution in [3.05, 3.63) is 48.6 Å². The van der Waals surface area contributed by atoms with Gasteiger partial charge in [-0.1, -0.05) is 36.9 Å². The van der Waals surface area contributed by atoms with Crippen LogP contribution in [0.25, 0.3) is 0 Å². The molecule has 0 bridgehead atoms. The number of hydrogen-bond acceptors (Lipinski definition) is 3. The van der Waals surface area contributed by atoms with E-state index in [9.17, 15) is 27.6 Å². The van der Waals surface area contributed by atoms with Crippen LogP contribution < -0.4 is 5.32 Å². The fraction of sp³-hybridized carbons (Fsp3) is 0.421. The maximum absolute atomic E-state index is 12.7. The molecule has 28 heavy (non-hydrogen) atoms. The van der Waals surface area contributed by atoms with E-state index in [1.165, 1.54) is 16.8 Å². The van der Waals surface area contributed by atoms with E-state index in [1.54, 1.807) is 30.3 Å². The standard InChI is InChI=1S/C19H22F3N3O3/c1-3-16(26)24(2)12-17(27)25-10-9-14(13-7-5-4-6-8-13)15(11-25)23-18(28)19(20,21)22/h3-8,14-15H,1,9-12H2,2H3,(H,23,28)/t14-,15-/m1/s1. The summed E-state index contributed by atoms with van der Waals surface area (Å²) in [7, 11) is 1.43. The third-order valence-corrected chi connectivity index (χ3v) is 4.69. The van der Waals surface area contributed by atoms with Gasteiger partial charge >= 0.3 is 12.1 Å². The van der Waals surface area contributed by atoms with Crippen molar-refractivity contribution in [2.45, 2.75) is 24.6 Å². The number of piperidine rings is 1. The van der Waals surface area contributed by atoms with Crippen LogP contribution in [0.15, 0.2) is 43.0 Å². The molecular formula is C19H22F3N3O3. The summed E-state index contributed by atoms with van der Waals surface area (Å²) in [6.07, 6.45) is -3.55. The monoisotopic (exact) mass is 397 g/mol. The van der Waals surface area contributed by atoms with Crippen molar-refractivity contribution < 1.29 is 27.6 Å². The first kappa shape index (κ1) is 21.5. The first-order chi connectivity index (χ1) is 13.1. The van der Waals surface area contributed by atoms with E-state index in [-0.39, 0.29) is 19.0 Å². The van der Waals surface area contributed by atoms with Crippen molar-refractivity contribution >= 4 is 17.7 Å². The van der Waals surface area contributed by atoms with Gasteiger partial charge in [0.2, 0.25) is 11.8 Å². The Morgan fingerprint density at radius 1 is 1.29 bits per heavy atom. The molecule has 1 fully saturated rings. The molecule has 2 rings (SSSR count). The molecule has 0 radical (unpaired) electrons. The van der Waals surface area contributed by atoms with Crippen LogP contribution in [0.1, 0.15) is 17.9 Å². The largest absolute Gasteiger partial charge is 0.471 e. The van der Waals surface area contributed by atoms with E-state index in [2.05, 4.69) is 6.58 Å². The summed E-state index contributed by atoms with van der Waals surface area (Å²) in [5, 5.41) is 2.02. The zero-order chi connectivity index (χ0) is 20.9. The maximum atomic E-state index is 12.7. The number of amides is 3. The maximum Gasteiger partial charge on any atom is 0.471 e. The van der Waals surface area contributed by atoms with Crippen LogP contribution in [-0.4, -0.2) is 66.4 Å². The first-order valence-corrected chi connectivity index (χ1v) is 8.71. The minimum atomic E-state index is -5.01. The number of rotatable bonds is 5. The van der Waals surface area contributed by atoms with Crippen LogP contribution in [-0.2, 0) is 14.4 Å². The summed E-state index contributed by atoms with van der Waals surface area (Å²) in [6.45, 7) is 3.36. The first-order valence-electron chi connectivity index (χ1n) is 8.71. The van der Waals surface area contributed by atoms with Gasteiger partial charge in [-0.2, -0.15) is 13.2 Å². The second-order valence-corrected chi connectivity index (χ2v) is 6.62. The van der Waals surface area contributed by atoms with Gasteiger partial charge in [-0.15, -0.1) is 0 Å². The zero-order valence-electron chi connectivity index (χ0n) is 15.4. The predicted molar refractivity (Wildman–Crippen MR) is 96.2 cm³/mol. The van der Waals surface area contributed by atoms with Crippen LogP contribution in [0.3, 0.4) is 0 Å². The molecule has 1 heterocycles. The highest BCUT2D eigenvalue weighted by atomic mass is 19.4. The Morgan fingerprint density at radius 2 is 1.93 bits per heavy atom. The molecule has 1 aromatic rings. The van der Waals surface area contributed by atoms with Crippen molar-refractivity contribution in [3.8, 4) is 0 Å². The quantitative estimate of drug-likeness (QED) is 0.769. The van der Waals surface area contributed by atoms with Crippen molar-refractivity contribution in [2.24, 2.45) is 0 Å². The molecule has 1 aliphatic heterocycles. The van der Waals surface area contributed by atoms with Crippen LogP contribution in [0.4, 0.5) is 13.2 Å². The van der Waals surface area contributed by atoms with Crippen molar-refractivity contribution in [1.29, 1.82) is 0 Å². The van der Waals surface area contributed by atoms with Crippen LogP contribution in [0.2, 0.25) is 0 Å². The van der Waals surface area contributed by atoms with Gasteiger partial charge < -0.3 is 15.1 Å².